The van der Waals surface area contributed by atoms with E-state index in [1.807, 2.05) is 37.3 Å². The topological polar surface area (TPSA) is 61.8 Å². The van der Waals surface area contributed by atoms with Crippen LogP contribution in [0.3, 0.4) is 0 Å². The summed E-state index contributed by atoms with van der Waals surface area (Å²) in [7, 11) is 0. The van der Waals surface area contributed by atoms with Crippen molar-refractivity contribution in [3.63, 3.8) is 0 Å². The van der Waals surface area contributed by atoms with Crippen LogP contribution in [0, 0.1) is 11.8 Å². The Labute approximate surface area is 203 Å². The zero-order valence-electron chi connectivity index (χ0n) is 19.7. The number of β-amino-alcohol motifs (C(OH)–C–C–N with tert-alkyl or cyclic N) is 1. The SMILES string of the molecule is C[C@H](NC(=O)C1CC(F)C1)c1ccc(CN2Cc3ccc(OCC4CC4(F)F)cc3C(O)C2)cc1. The van der Waals surface area contributed by atoms with Crippen LogP contribution in [-0.2, 0) is 17.9 Å². The van der Waals surface area contributed by atoms with Crippen molar-refractivity contribution in [3.8, 4) is 5.75 Å². The molecule has 3 aliphatic rings. The summed E-state index contributed by atoms with van der Waals surface area (Å²) in [6, 6.07) is 13.3. The number of nitrogens with zero attached hydrogens (tertiary/aromatic N) is 1. The molecule has 2 aromatic carbocycles. The van der Waals surface area contributed by atoms with Crippen LogP contribution in [-0.4, -0.2) is 41.2 Å². The first-order chi connectivity index (χ1) is 16.7. The minimum Gasteiger partial charge on any atom is -0.493 e. The van der Waals surface area contributed by atoms with Crippen LogP contribution in [0.15, 0.2) is 42.5 Å². The van der Waals surface area contributed by atoms with Crippen molar-refractivity contribution < 1.29 is 27.8 Å². The molecule has 5 rings (SSSR count). The molecular weight excluding hydrogens is 457 g/mol. The normalized spacial score (nSPS) is 27.9. The first-order valence-corrected chi connectivity index (χ1v) is 12.2. The van der Waals surface area contributed by atoms with E-state index in [9.17, 15) is 23.1 Å². The van der Waals surface area contributed by atoms with E-state index in [4.69, 9.17) is 4.74 Å². The summed E-state index contributed by atoms with van der Waals surface area (Å²) < 4.78 is 44.7. The molecule has 188 valence electrons. The maximum absolute atomic E-state index is 13.1. The number of carbonyl (C=O) groups excluding carboxylic acids is 1. The lowest BCUT2D eigenvalue weighted by molar-refractivity contribution is -0.130. The van der Waals surface area contributed by atoms with Crippen molar-refractivity contribution in [2.24, 2.45) is 11.8 Å². The van der Waals surface area contributed by atoms with Gasteiger partial charge in [-0.25, -0.2) is 13.2 Å². The minimum atomic E-state index is -2.60. The highest BCUT2D eigenvalue weighted by molar-refractivity contribution is 5.80. The van der Waals surface area contributed by atoms with Crippen LogP contribution in [0.25, 0.3) is 0 Å². The maximum Gasteiger partial charge on any atom is 0.255 e. The molecule has 1 aliphatic heterocycles. The summed E-state index contributed by atoms with van der Waals surface area (Å²) in [5.74, 6) is -3.11. The number of carbonyl (C=O) groups is 1. The van der Waals surface area contributed by atoms with Crippen LogP contribution in [0.5, 0.6) is 5.75 Å². The van der Waals surface area contributed by atoms with Gasteiger partial charge in [0.1, 0.15) is 11.9 Å². The fraction of sp³-hybridized carbons (Fsp3) is 0.519. The third-order valence-corrected chi connectivity index (χ3v) is 7.40. The number of alkyl halides is 3. The smallest absolute Gasteiger partial charge is 0.255 e. The third-order valence-electron chi connectivity index (χ3n) is 7.40. The molecule has 2 N–H and O–H groups in total. The predicted molar refractivity (Wildman–Crippen MR) is 125 cm³/mol. The van der Waals surface area contributed by atoms with Crippen molar-refractivity contribution in [2.45, 2.75) is 63.5 Å². The Bertz CT molecular complexity index is 1070. The monoisotopic (exact) mass is 488 g/mol. The number of hydrogen-bond acceptors (Lipinski definition) is 4. The lowest BCUT2D eigenvalue weighted by atomic mass is 9.82. The van der Waals surface area contributed by atoms with E-state index >= 15 is 0 Å². The molecule has 0 spiro atoms. The molecule has 2 unspecified atom stereocenters. The average molecular weight is 489 g/mol. The molecule has 2 aliphatic carbocycles. The Morgan fingerprint density at radius 2 is 1.94 bits per heavy atom. The van der Waals surface area contributed by atoms with Gasteiger partial charge in [-0.2, -0.15) is 0 Å². The number of halogens is 3. The number of ether oxygens (including phenoxy) is 1. The molecule has 1 amide bonds. The highest BCUT2D eigenvalue weighted by Gasteiger charge is 2.57. The number of aliphatic hydroxyl groups is 1. The second-order valence-electron chi connectivity index (χ2n) is 10.3. The van der Waals surface area contributed by atoms with Crippen LogP contribution in [0.1, 0.15) is 60.6 Å². The van der Waals surface area contributed by atoms with Gasteiger partial charge in [0, 0.05) is 32.0 Å². The van der Waals surface area contributed by atoms with Crippen LogP contribution in [0.2, 0.25) is 0 Å². The molecule has 2 saturated carbocycles. The Morgan fingerprint density at radius 1 is 1.23 bits per heavy atom. The van der Waals surface area contributed by atoms with Gasteiger partial charge in [0.15, 0.2) is 0 Å². The minimum absolute atomic E-state index is 0.00896. The van der Waals surface area contributed by atoms with E-state index in [2.05, 4.69) is 10.2 Å². The van der Waals surface area contributed by atoms with E-state index in [1.54, 1.807) is 12.1 Å². The van der Waals surface area contributed by atoms with Crippen molar-refractivity contribution in [1.82, 2.24) is 10.2 Å². The lowest BCUT2D eigenvalue weighted by Gasteiger charge is -2.32. The molecule has 8 heteroatoms. The molecule has 0 saturated heterocycles. The second kappa shape index (κ2) is 9.47. The molecule has 0 bridgehead atoms. The standard InChI is InChI=1S/C27H31F3N2O3/c1-16(31-26(34)20-8-22(28)9-20)18-4-2-17(3-5-18)12-32-13-19-6-7-23(10-24(19)25(33)14-32)35-15-21-11-27(21,29)30/h2-7,10,16,20-22,25,33H,8-9,11-15H2,1H3,(H,31,34)/t16-,20?,21?,22?,25?/m0/s1. The highest BCUT2D eigenvalue weighted by atomic mass is 19.3. The van der Waals surface area contributed by atoms with Gasteiger partial charge in [0.05, 0.1) is 24.7 Å². The number of aliphatic hydroxyl groups excluding tert-OH is 1. The molecule has 0 radical (unpaired) electrons. The fourth-order valence-corrected chi connectivity index (χ4v) is 4.88. The van der Waals surface area contributed by atoms with Crippen LogP contribution < -0.4 is 10.1 Å². The Morgan fingerprint density at radius 3 is 2.60 bits per heavy atom. The number of nitrogens with one attached hydrogen (secondary N) is 1. The average Bonchev–Trinajstić information content (AvgIpc) is 3.42. The molecule has 2 aromatic rings. The molecule has 0 aromatic heterocycles. The Balaban J connectivity index is 1.14. The molecular formula is C27H31F3N2O3. The third kappa shape index (κ3) is 5.48. The van der Waals surface area contributed by atoms with Crippen molar-refractivity contribution >= 4 is 5.91 Å². The summed E-state index contributed by atoms with van der Waals surface area (Å²) in [5.41, 5.74) is 3.85. The first kappa shape index (κ1) is 24.1. The van der Waals surface area contributed by atoms with E-state index in [0.717, 1.165) is 22.3 Å². The summed E-state index contributed by atoms with van der Waals surface area (Å²) >= 11 is 0. The van der Waals surface area contributed by atoms with Gasteiger partial charge < -0.3 is 15.2 Å². The molecule has 2 fully saturated rings. The van der Waals surface area contributed by atoms with E-state index in [0.29, 0.717) is 38.2 Å². The highest BCUT2D eigenvalue weighted by Crippen LogP contribution is 2.48. The van der Waals surface area contributed by atoms with Crippen molar-refractivity contribution in [1.29, 1.82) is 0 Å². The largest absolute Gasteiger partial charge is 0.493 e. The van der Waals surface area contributed by atoms with Crippen LogP contribution in [0.4, 0.5) is 13.2 Å². The number of fused-ring (bicyclic) bond motifs is 1. The molecule has 1 heterocycles. The Kier molecular flexibility index (Phi) is 6.53. The molecule has 3 atom stereocenters. The molecule has 35 heavy (non-hydrogen) atoms. The van der Waals surface area contributed by atoms with Gasteiger partial charge in [-0.3, -0.25) is 9.69 Å². The van der Waals surface area contributed by atoms with E-state index in [1.165, 1.54) is 0 Å². The maximum atomic E-state index is 13.1. The zero-order chi connectivity index (χ0) is 24.7. The first-order valence-electron chi connectivity index (χ1n) is 12.2. The quantitative estimate of drug-likeness (QED) is 0.566. The van der Waals surface area contributed by atoms with Gasteiger partial charge in [-0.1, -0.05) is 30.3 Å². The number of hydrogen-bond donors (Lipinski definition) is 2. The van der Waals surface area contributed by atoms with Gasteiger partial charge >= 0.3 is 0 Å². The van der Waals surface area contributed by atoms with E-state index in [-0.39, 0.29) is 30.9 Å². The lowest BCUT2D eigenvalue weighted by Crippen LogP contribution is -2.40. The second-order valence-corrected chi connectivity index (χ2v) is 10.3. The number of amides is 1. The van der Waals surface area contributed by atoms with E-state index < -0.39 is 24.1 Å². The van der Waals surface area contributed by atoms with Crippen LogP contribution >= 0.6 is 0 Å². The summed E-state index contributed by atoms with van der Waals surface area (Å²) in [5, 5.41) is 13.7. The van der Waals surface area contributed by atoms with Crippen molar-refractivity contribution in [3.05, 3.63) is 64.7 Å². The van der Waals surface area contributed by atoms with Crippen molar-refractivity contribution in [2.75, 3.05) is 13.2 Å². The Hall–Kier alpha value is -2.58. The van der Waals surface area contributed by atoms with Gasteiger partial charge in [0.25, 0.3) is 5.92 Å². The van der Waals surface area contributed by atoms with Gasteiger partial charge in [-0.15, -0.1) is 0 Å². The number of rotatable bonds is 8. The van der Waals surface area contributed by atoms with Gasteiger partial charge in [-0.05, 0) is 54.2 Å². The predicted octanol–water partition coefficient (Wildman–Crippen LogP) is 4.70. The van der Waals surface area contributed by atoms with Gasteiger partial charge in [0.2, 0.25) is 5.91 Å². The zero-order valence-corrected chi connectivity index (χ0v) is 19.7. The summed E-state index contributed by atoms with van der Waals surface area (Å²) in [6.07, 6.45) is -1.02. The molecule has 5 nitrogen and oxygen atoms in total. The number of benzene rings is 2. The fourth-order valence-electron chi connectivity index (χ4n) is 4.88. The summed E-state index contributed by atoms with van der Waals surface area (Å²) in [4.78, 5) is 14.3. The summed E-state index contributed by atoms with van der Waals surface area (Å²) in [6.45, 7) is 3.70.